The van der Waals surface area contributed by atoms with Gasteiger partial charge in [-0.25, -0.2) is 0 Å². The number of carbonyl (C=O) groups is 1. The summed E-state index contributed by atoms with van der Waals surface area (Å²) in [6, 6.07) is 16.0. The van der Waals surface area contributed by atoms with E-state index in [2.05, 4.69) is 12.1 Å². The highest BCUT2D eigenvalue weighted by Gasteiger charge is 2.27. The van der Waals surface area contributed by atoms with E-state index in [4.69, 9.17) is 4.74 Å². The van der Waals surface area contributed by atoms with Gasteiger partial charge in [-0.15, -0.1) is 0 Å². The van der Waals surface area contributed by atoms with Crippen LogP contribution in [0.2, 0.25) is 0 Å². The van der Waals surface area contributed by atoms with Crippen molar-refractivity contribution in [1.29, 1.82) is 0 Å². The molecule has 0 fully saturated rings. The van der Waals surface area contributed by atoms with E-state index in [1.165, 1.54) is 0 Å². The predicted molar refractivity (Wildman–Crippen MR) is 73.5 cm³/mol. The van der Waals surface area contributed by atoms with Crippen LogP contribution in [0.15, 0.2) is 48.5 Å². The molecule has 0 spiro atoms. The van der Waals surface area contributed by atoms with Crippen LogP contribution >= 0.6 is 0 Å². The van der Waals surface area contributed by atoms with Gasteiger partial charge in [-0.1, -0.05) is 36.4 Å². The lowest BCUT2D eigenvalue weighted by atomic mass is 9.87. The first-order valence-corrected chi connectivity index (χ1v) is 6.31. The molecule has 2 aromatic rings. The number of rotatable bonds is 3. The van der Waals surface area contributed by atoms with Crippen molar-refractivity contribution in [1.82, 2.24) is 4.90 Å². The largest absolute Gasteiger partial charge is 0.457 e. The molecule has 0 saturated heterocycles. The second-order valence-corrected chi connectivity index (χ2v) is 4.78. The van der Waals surface area contributed by atoms with Gasteiger partial charge in [0.1, 0.15) is 11.5 Å². The third-order valence-electron chi connectivity index (χ3n) is 3.46. The van der Waals surface area contributed by atoms with Crippen LogP contribution < -0.4 is 4.74 Å². The Morgan fingerprint density at radius 1 is 1.05 bits per heavy atom. The Balaban J connectivity index is 2.08. The first-order chi connectivity index (χ1) is 9.29. The number of benzene rings is 2. The summed E-state index contributed by atoms with van der Waals surface area (Å²) in [5.74, 6) is 1.92. The second kappa shape index (κ2) is 4.76. The average Bonchev–Trinajstić information content (AvgIpc) is 2.46. The Hall–Kier alpha value is -2.29. The van der Waals surface area contributed by atoms with E-state index >= 15 is 0 Å². The Kier molecular flexibility index (Phi) is 2.95. The van der Waals surface area contributed by atoms with Crippen LogP contribution in [0.25, 0.3) is 0 Å². The Bertz CT molecular complexity index is 564. The van der Waals surface area contributed by atoms with E-state index in [1.54, 1.807) is 11.9 Å². The van der Waals surface area contributed by atoms with E-state index in [9.17, 15) is 4.79 Å². The zero-order valence-corrected chi connectivity index (χ0v) is 10.7. The quantitative estimate of drug-likeness (QED) is 0.787. The highest BCUT2D eigenvalue weighted by Crippen LogP contribution is 2.43. The fourth-order valence-corrected chi connectivity index (χ4v) is 2.54. The fraction of sp³-hybridized carbons (Fsp3) is 0.188. The lowest BCUT2D eigenvalue weighted by Crippen LogP contribution is -2.25. The average molecular weight is 253 g/mol. The molecule has 2 aromatic carbocycles. The molecule has 0 saturated carbocycles. The Labute approximate surface area is 112 Å². The molecule has 0 aliphatic carbocycles. The van der Waals surface area contributed by atoms with Crippen molar-refractivity contribution < 1.29 is 9.53 Å². The van der Waals surface area contributed by atoms with Crippen LogP contribution in [0, 0.1) is 0 Å². The first-order valence-electron chi connectivity index (χ1n) is 6.31. The maximum absolute atomic E-state index is 10.9. The van der Waals surface area contributed by atoms with Gasteiger partial charge in [-0.2, -0.15) is 0 Å². The topological polar surface area (TPSA) is 29.5 Å². The third kappa shape index (κ3) is 2.08. The van der Waals surface area contributed by atoms with Gasteiger partial charge in [0.15, 0.2) is 0 Å². The molecule has 3 nitrogen and oxygen atoms in total. The molecule has 0 atom stereocenters. The summed E-state index contributed by atoms with van der Waals surface area (Å²) in [5, 5.41) is 0. The summed E-state index contributed by atoms with van der Waals surface area (Å²) in [6.45, 7) is 0.654. The molecule has 1 heterocycles. The van der Waals surface area contributed by atoms with Crippen LogP contribution in [0.4, 0.5) is 0 Å². The number of likely N-dealkylation sites (N-methyl/N-ethyl adjacent to an activating group) is 1. The molecular formula is C16H15NO2. The molecule has 19 heavy (non-hydrogen) atoms. The number of nitrogens with zero attached hydrogens (tertiary/aromatic N) is 1. The number of hydrogen-bond acceptors (Lipinski definition) is 2. The highest BCUT2D eigenvalue weighted by molar-refractivity contribution is 5.55. The maximum atomic E-state index is 10.9. The molecule has 0 unspecified atom stereocenters. The molecule has 1 aliphatic rings. The zero-order chi connectivity index (χ0) is 13.2. The summed E-state index contributed by atoms with van der Waals surface area (Å²) in [7, 11) is 1.80. The molecule has 3 heteroatoms. The van der Waals surface area contributed by atoms with Crippen molar-refractivity contribution in [3.05, 3.63) is 59.7 Å². The number of fused-ring (bicyclic) bond motifs is 2. The second-order valence-electron chi connectivity index (χ2n) is 4.78. The summed E-state index contributed by atoms with van der Waals surface area (Å²) < 4.78 is 5.92. The van der Waals surface area contributed by atoms with Crippen LogP contribution in [0.1, 0.15) is 17.0 Å². The number of carbonyl (C=O) groups excluding carboxylic acids is 1. The van der Waals surface area contributed by atoms with Crippen molar-refractivity contribution in [3.63, 3.8) is 0 Å². The molecule has 96 valence electrons. The van der Waals surface area contributed by atoms with E-state index in [0.29, 0.717) is 6.54 Å². The molecule has 0 radical (unpaired) electrons. The summed E-state index contributed by atoms with van der Waals surface area (Å²) in [5.41, 5.74) is 2.27. The summed E-state index contributed by atoms with van der Waals surface area (Å²) >= 11 is 0. The molecule has 1 aliphatic heterocycles. The van der Waals surface area contributed by atoms with E-state index < -0.39 is 0 Å². The Morgan fingerprint density at radius 2 is 1.58 bits per heavy atom. The van der Waals surface area contributed by atoms with Crippen molar-refractivity contribution >= 4 is 6.41 Å². The van der Waals surface area contributed by atoms with Crippen LogP contribution in [-0.2, 0) is 4.79 Å². The fourth-order valence-electron chi connectivity index (χ4n) is 2.54. The van der Waals surface area contributed by atoms with Crippen molar-refractivity contribution in [2.24, 2.45) is 0 Å². The van der Waals surface area contributed by atoms with Gasteiger partial charge in [0.25, 0.3) is 0 Å². The van der Waals surface area contributed by atoms with Gasteiger partial charge < -0.3 is 9.64 Å². The third-order valence-corrected chi connectivity index (χ3v) is 3.46. The number of hydrogen-bond donors (Lipinski definition) is 0. The molecular weight excluding hydrogens is 238 g/mol. The SMILES string of the molecule is CN(C=O)CC1c2ccccc2Oc2ccccc21. The highest BCUT2D eigenvalue weighted by atomic mass is 16.5. The first kappa shape index (κ1) is 11.8. The van der Waals surface area contributed by atoms with Gasteiger partial charge in [0.05, 0.1) is 0 Å². The smallest absolute Gasteiger partial charge is 0.209 e. The van der Waals surface area contributed by atoms with Crippen molar-refractivity contribution in [3.8, 4) is 11.5 Å². The standard InChI is InChI=1S/C16H15NO2/c1-17(11-18)10-14-12-6-2-4-8-15(12)19-16-9-5-3-7-13(14)16/h2-9,11,14H,10H2,1H3. The number of para-hydroxylation sites is 2. The van der Waals surface area contributed by atoms with E-state index in [-0.39, 0.29) is 5.92 Å². The lowest BCUT2D eigenvalue weighted by Gasteiger charge is -2.30. The number of amides is 1. The monoisotopic (exact) mass is 253 g/mol. The van der Waals surface area contributed by atoms with Crippen LogP contribution in [0.3, 0.4) is 0 Å². The zero-order valence-electron chi connectivity index (χ0n) is 10.7. The number of ether oxygens (including phenoxy) is 1. The molecule has 0 aromatic heterocycles. The van der Waals surface area contributed by atoms with Crippen LogP contribution in [0.5, 0.6) is 11.5 Å². The van der Waals surface area contributed by atoms with Crippen LogP contribution in [-0.4, -0.2) is 24.9 Å². The Morgan fingerprint density at radius 3 is 2.11 bits per heavy atom. The molecule has 3 rings (SSSR count). The van der Waals surface area contributed by atoms with Gasteiger partial charge in [0.2, 0.25) is 6.41 Å². The molecule has 1 amide bonds. The summed E-state index contributed by atoms with van der Waals surface area (Å²) in [4.78, 5) is 12.6. The van der Waals surface area contributed by atoms with E-state index in [1.807, 2.05) is 36.4 Å². The minimum Gasteiger partial charge on any atom is -0.457 e. The van der Waals surface area contributed by atoms with Gasteiger partial charge in [-0.3, -0.25) is 4.79 Å². The molecule has 0 bridgehead atoms. The van der Waals surface area contributed by atoms with Crippen molar-refractivity contribution in [2.75, 3.05) is 13.6 Å². The maximum Gasteiger partial charge on any atom is 0.209 e. The predicted octanol–water partition coefficient (Wildman–Crippen LogP) is 3.01. The van der Waals surface area contributed by atoms with E-state index in [0.717, 1.165) is 29.0 Å². The van der Waals surface area contributed by atoms with Gasteiger partial charge in [0, 0.05) is 30.6 Å². The van der Waals surface area contributed by atoms with Gasteiger partial charge >= 0.3 is 0 Å². The summed E-state index contributed by atoms with van der Waals surface area (Å²) in [6.07, 6.45) is 0.862. The minimum absolute atomic E-state index is 0.163. The minimum atomic E-state index is 0.163. The van der Waals surface area contributed by atoms with Gasteiger partial charge in [-0.05, 0) is 12.1 Å². The molecule has 0 N–H and O–H groups in total. The van der Waals surface area contributed by atoms with Crippen molar-refractivity contribution in [2.45, 2.75) is 5.92 Å². The lowest BCUT2D eigenvalue weighted by molar-refractivity contribution is -0.117. The normalized spacial score (nSPS) is 13.1.